The Balaban J connectivity index is 2.07. The molecule has 170 valence electrons. The summed E-state index contributed by atoms with van der Waals surface area (Å²) in [6.07, 6.45) is 4.63. The van der Waals surface area contributed by atoms with Crippen molar-refractivity contribution in [3.05, 3.63) is 53.7 Å². The second kappa shape index (κ2) is 9.74. The van der Waals surface area contributed by atoms with Gasteiger partial charge in [-0.05, 0) is 36.4 Å². The van der Waals surface area contributed by atoms with Gasteiger partial charge in [0.2, 0.25) is 0 Å². The van der Waals surface area contributed by atoms with Crippen molar-refractivity contribution in [3.8, 4) is 0 Å². The highest BCUT2D eigenvalue weighted by atomic mass is 31.2. The van der Waals surface area contributed by atoms with Gasteiger partial charge in [-0.2, -0.15) is 15.3 Å². The van der Waals surface area contributed by atoms with Crippen molar-refractivity contribution < 1.29 is 17.8 Å². The zero-order valence-electron chi connectivity index (χ0n) is 19.0. The van der Waals surface area contributed by atoms with Crippen molar-refractivity contribution in [2.75, 3.05) is 42.3 Å². The first-order valence-corrected chi connectivity index (χ1v) is 11.4. The van der Waals surface area contributed by atoms with Crippen LogP contribution >= 0.6 is 7.14 Å². The smallest absolute Gasteiger partial charge is 0.271 e. The summed E-state index contributed by atoms with van der Waals surface area (Å²) in [4.78, 5) is 0. The van der Waals surface area contributed by atoms with Crippen LogP contribution in [-0.2, 0) is 4.57 Å². The number of hydrazone groups is 3. The molecule has 0 N–H and O–H groups in total. The molecule has 3 aromatic heterocycles. The molecule has 0 radical (unpaired) electrons. The second-order valence-corrected chi connectivity index (χ2v) is 9.95. The molecule has 0 aliphatic heterocycles. The van der Waals surface area contributed by atoms with E-state index in [1.54, 1.807) is 112 Å². The summed E-state index contributed by atoms with van der Waals surface area (Å²) in [6, 6.07) is 10.0. The molecule has 0 aliphatic carbocycles. The molecule has 0 saturated heterocycles. The van der Waals surface area contributed by atoms with E-state index >= 15 is 0 Å². The number of rotatable bonds is 9. The Morgan fingerprint density at radius 1 is 0.594 bits per heavy atom. The Morgan fingerprint density at radius 3 is 1.12 bits per heavy atom. The average Bonchev–Trinajstić information content (AvgIpc) is 3.49. The van der Waals surface area contributed by atoms with Crippen LogP contribution in [0.2, 0.25) is 0 Å². The molecule has 0 aliphatic rings. The zero-order chi connectivity index (χ0) is 23.3. The molecule has 11 heteroatoms. The number of nitrogens with zero attached hydrogens (tertiary/aromatic N) is 6. The van der Waals surface area contributed by atoms with Crippen LogP contribution < -0.4 is 16.5 Å². The predicted molar refractivity (Wildman–Crippen MR) is 126 cm³/mol. The van der Waals surface area contributed by atoms with Gasteiger partial charge in [0.15, 0.2) is 16.5 Å². The molecule has 32 heavy (non-hydrogen) atoms. The van der Waals surface area contributed by atoms with Crippen LogP contribution in [0.4, 0.5) is 0 Å². The summed E-state index contributed by atoms with van der Waals surface area (Å²) < 4.78 is 32.1. The maximum Gasteiger partial charge on any atom is 0.271 e. The number of furan rings is 3. The summed E-state index contributed by atoms with van der Waals surface area (Å²) in [6.45, 7) is 0. The van der Waals surface area contributed by atoms with Crippen LogP contribution in [0.3, 0.4) is 0 Å². The highest BCUT2D eigenvalue weighted by molar-refractivity contribution is 7.84. The third-order valence-corrected chi connectivity index (χ3v) is 6.60. The maximum absolute atomic E-state index is 14.4. The highest BCUT2D eigenvalue weighted by Gasteiger charge is 2.39. The molecule has 3 rings (SSSR count). The quantitative estimate of drug-likeness (QED) is 0.274. The molecule has 0 spiro atoms. The third kappa shape index (κ3) is 5.39. The van der Waals surface area contributed by atoms with E-state index in [9.17, 15) is 4.57 Å². The lowest BCUT2D eigenvalue weighted by Gasteiger charge is -2.11. The molecular formula is C21H27N6O4P. The van der Waals surface area contributed by atoms with E-state index in [-0.39, 0.29) is 16.5 Å². The van der Waals surface area contributed by atoms with Crippen LogP contribution in [0.5, 0.6) is 0 Å². The van der Waals surface area contributed by atoms with E-state index < -0.39 is 7.14 Å². The molecule has 0 amide bonds. The first kappa shape index (κ1) is 23.1. The minimum atomic E-state index is -3.58. The van der Waals surface area contributed by atoms with E-state index in [4.69, 9.17) is 13.3 Å². The molecule has 0 saturated carbocycles. The van der Waals surface area contributed by atoms with E-state index in [2.05, 4.69) is 15.3 Å². The SMILES string of the molecule is CN(C)/N=C/c1ccc(P(=O)(c2ccc(/C=N/N(C)C)o2)c2ccc(/C=N/N(C)C)o2)o1. The topological polar surface area (TPSA) is 103 Å². The average molecular weight is 458 g/mol. The van der Waals surface area contributed by atoms with Gasteiger partial charge in [-0.15, -0.1) is 0 Å². The molecular weight excluding hydrogens is 431 g/mol. The molecule has 0 unspecified atom stereocenters. The molecule has 0 bridgehead atoms. The lowest BCUT2D eigenvalue weighted by Crippen LogP contribution is -2.22. The lowest BCUT2D eigenvalue weighted by molar-refractivity contribution is 0.438. The summed E-state index contributed by atoms with van der Waals surface area (Å²) in [5.74, 6) is 1.36. The first-order valence-electron chi connectivity index (χ1n) is 9.73. The van der Waals surface area contributed by atoms with E-state index in [0.717, 1.165) is 0 Å². The van der Waals surface area contributed by atoms with Crippen LogP contribution in [0.25, 0.3) is 0 Å². The fraction of sp³-hybridized carbons (Fsp3) is 0.286. The molecule has 0 aromatic carbocycles. The van der Waals surface area contributed by atoms with Gasteiger partial charge in [0.25, 0.3) is 7.14 Å². The lowest BCUT2D eigenvalue weighted by atomic mass is 10.5. The fourth-order valence-electron chi connectivity index (χ4n) is 2.59. The largest absolute Gasteiger partial charge is 0.451 e. The van der Waals surface area contributed by atoms with Gasteiger partial charge in [-0.1, -0.05) is 0 Å². The van der Waals surface area contributed by atoms with Crippen molar-refractivity contribution in [1.82, 2.24) is 15.0 Å². The Kier molecular flexibility index (Phi) is 7.05. The maximum atomic E-state index is 14.4. The molecule has 0 atom stereocenters. The van der Waals surface area contributed by atoms with E-state index in [0.29, 0.717) is 17.3 Å². The monoisotopic (exact) mass is 458 g/mol. The van der Waals surface area contributed by atoms with Crippen LogP contribution in [-0.4, -0.2) is 76.0 Å². The van der Waals surface area contributed by atoms with Gasteiger partial charge in [0.05, 0.1) is 18.6 Å². The van der Waals surface area contributed by atoms with Gasteiger partial charge >= 0.3 is 0 Å². The predicted octanol–water partition coefficient (Wildman–Crippen LogP) is 1.79. The second-order valence-electron chi connectivity index (χ2n) is 7.41. The Labute approximate surface area is 186 Å². The molecule has 0 fully saturated rings. The van der Waals surface area contributed by atoms with E-state index in [1.807, 2.05) is 0 Å². The standard InChI is InChI=1S/C21H27N6O4P/c1-25(2)22-13-16-7-10-19(29-16)32(28,20-11-8-17(30-20)14-23-26(3)4)21-12-9-18(31-21)15-24-27(5)6/h7-15H,1-6H3/b22-13+,23-14+,24-15+. The van der Waals surface area contributed by atoms with Crippen molar-refractivity contribution in [3.63, 3.8) is 0 Å². The summed E-state index contributed by atoms with van der Waals surface area (Å²) in [5, 5.41) is 17.4. The van der Waals surface area contributed by atoms with Crippen LogP contribution in [0, 0.1) is 0 Å². The van der Waals surface area contributed by atoms with Crippen LogP contribution in [0.1, 0.15) is 17.3 Å². The minimum Gasteiger partial charge on any atom is -0.451 e. The number of hydrogen-bond acceptors (Lipinski definition) is 10. The third-order valence-electron chi connectivity index (χ3n) is 4.02. The van der Waals surface area contributed by atoms with Crippen LogP contribution in [0.15, 0.2) is 65.0 Å². The fourth-order valence-corrected chi connectivity index (χ4v) is 4.79. The van der Waals surface area contributed by atoms with Crippen molar-refractivity contribution in [1.29, 1.82) is 0 Å². The number of hydrogen-bond donors (Lipinski definition) is 0. The van der Waals surface area contributed by atoms with E-state index in [1.165, 1.54) is 0 Å². The molecule has 3 aromatic rings. The van der Waals surface area contributed by atoms with Gasteiger partial charge in [0, 0.05) is 42.3 Å². The van der Waals surface area contributed by atoms with Gasteiger partial charge in [-0.25, -0.2) is 0 Å². The molecule has 3 heterocycles. The summed E-state index contributed by atoms with van der Waals surface area (Å²) in [5.41, 5.74) is 0.649. The normalized spacial score (nSPS) is 12.4. The first-order chi connectivity index (χ1) is 15.2. The minimum absolute atomic E-state index is 0.216. The summed E-state index contributed by atoms with van der Waals surface area (Å²) in [7, 11) is 7.20. The van der Waals surface area contributed by atoms with Gasteiger partial charge < -0.3 is 28.3 Å². The highest BCUT2D eigenvalue weighted by Crippen LogP contribution is 2.43. The zero-order valence-corrected chi connectivity index (χ0v) is 19.9. The van der Waals surface area contributed by atoms with Gasteiger partial charge in [-0.3, -0.25) is 4.57 Å². The van der Waals surface area contributed by atoms with Crippen molar-refractivity contribution in [2.24, 2.45) is 15.3 Å². The Morgan fingerprint density at radius 2 is 0.875 bits per heavy atom. The van der Waals surface area contributed by atoms with Gasteiger partial charge in [0.1, 0.15) is 17.3 Å². The Bertz CT molecular complexity index is 1030. The summed E-state index contributed by atoms with van der Waals surface area (Å²) >= 11 is 0. The van der Waals surface area contributed by atoms with Crippen molar-refractivity contribution >= 4 is 42.3 Å². The van der Waals surface area contributed by atoms with Crippen molar-refractivity contribution in [2.45, 2.75) is 0 Å². The molecule has 10 nitrogen and oxygen atoms in total. The Hall–Kier alpha value is -3.52.